The molecule has 1 atom stereocenters. The Morgan fingerprint density at radius 1 is 1.50 bits per heavy atom. The molecule has 2 rings (SSSR count). The van der Waals surface area contributed by atoms with Crippen LogP contribution in [0, 0.1) is 5.92 Å². The van der Waals surface area contributed by atoms with Crippen molar-refractivity contribution in [2.45, 2.75) is 32.8 Å². The minimum absolute atomic E-state index is 0.0132. The molecule has 2 heterocycles. The quantitative estimate of drug-likeness (QED) is 0.888. The van der Waals surface area contributed by atoms with Gasteiger partial charge in [0.2, 0.25) is 0 Å². The molecule has 1 saturated heterocycles. The van der Waals surface area contributed by atoms with Crippen molar-refractivity contribution >= 4 is 28.1 Å². The van der Waals surface area contributed by atoms with Gasteiger partial charge in [-0.1, -0.05) is 29.9 Å². The highest BCUT2D eigenvalue weighted by atomic mass is 35.5. The predicted octanol–water partition coefficient (Wildman–Crippen LogP) is 2.92. The van der Waals surface area contributed by atoms with Crippen molar-refractivity contribution in [3.8, 4) is 0 Å². The standard InChI is InChI=1S/C11H17ClN2OS/c1-8-3-2-5-14(6-4-8)11-13-10(12)9(7-15)16-11/h8,15H,2-7H2,1H3. The summed E-state index contributed by atoms with van der Waals surface area (Å²) in [5.41, 5.74) is 0. The number of hydrogen-bond donors (Lipinski definition) is 1. The molecule has 1 aromatic rings. The summed E-state index contributed by atoms with van der Waals surface area (Å²) in [6.07, 6.45) is 3.72. The van der Waals surface area contributed by atoms with Crippen LogP contribution in [0.15, 0.2) is 0 Å². The number of nitrogens with zero attached hydrogens (tertiary/aromatic N) is 2. The maximum atomic E-state index is 9.10. The molecule has 1 aromatic heterocycles. The third-order valence-electron chi connectivity index (χ3n) is 3.07. The number of anilines is 1. The summed E-state index contributed by atoms with van der Waals surface area (Å²) >= 11 is 7.46. The van der Waals surface area contributed by atoms with E-state index in [4.69, 9.17) is 16.7 Å². The second-order valence-electron chi connectivity index (χ2n) is 4.39. The van der Waals surface area contributed by atoms with E-state index in [1.807, 2.05) is 0 Å². The highest BCUT2D eigenvalue weighted by Gasteiger charge is 2.18. The highest BCUT2D eigenvalue weighted by molar-refractivity contribution is 7.16. The fraction of sp³-hybridized carbons (Fsp3) is 0.727. The van der Waals surface area contributed by atoms with E-state index < -0.39 is 0 Å². The van der Waals surface area contributed by atoms with Crippen molar-refractivity contribution in [2.75, 3.05) is 18.0 Å². The minimum Gasteiger partial charge on any atom is -0.391 e. The lowest BCUT2D eigenvalue weighted by molar-refractivity contribution is 0.285. The number of rotatable bonds is 2. The predicted molar refractivity (Wildman–Crippen MR) is 68.3 cm³/mol. The molecule has 0 aromatic carbocycles. The number of aromatic nitrogens is 1. The summed E-state index contributed by atoms with van der Waals surface area (Å²) in [4.78, 5) is 7.38. The Kier molecular flexibility index (Phi) is 4.05. The number of aliphatic hydroxyl groups excluding tert-OH is 1. The first-order valence-corrected chi connectivity index (χ1v) is 6.91. The molecule has 1 fully saturated rings. The smallest absolute Gasteiger partial charge is 0.187 e. The summed E-state index contributed by atoms with van der Waals surface area (Å²) in [6, 6.07) is 0. The van der Waals surface area contributed by atoms with Gasteiger partial charge in [-0.15, -0.1) is 0 Å². The SMILES string of the molecule is CC1CCCN(c2nc(Cl)c(CO)s2)CC1. The van der Waals surface area contributed by atoms with Crippen molar-refractivity contribution in [3.05, 3.63) is 10.0 Å². The average molecular weight is 261 g/mol. The van der Waals surface area contributed by atoms with Crippen LogP contribution in [0.2, 0.25) is 5.15 Å². The van der Waals surface area contributed by atoms with Gasteiger partial charge in [-0.05, 0) is 25.2 Å². The Morgan fingerprint density at radius 2 is 2.31 bits per heavy atom. The second-order valence-corrected chi connectivity index (χ2v) is 5.81. The van der Waals surface area contributed by atoms with Crippen LogP contribution in [0.4, 0.5) is 5.13 Å². The molecule has 1 unspecified atom stereocenters. The number of thiazole rings is 1. The van der Waals surface area contributed by atoms with Crippen LogP contribution in [0.3, 0.4) is 0 Å². The average Bonchev–Trinajstić information content (AvgIpc) is 2.50. The summed E-state index contributed by atoms with van der Waals surface area (Å²) in [5, 5.41) is 10.5. The van der Waals surface area contributed by atoms with Crippen LogP contribution in [0.1, 0.15) is 31.1 Å². The monoisotopic (exact) mass is 260 g/mol. The molecule has 90 valence electrons. The van der Waals surface area contributed by atoms with Gasteiger partial charge in [-0.3, -0.25) is 0 Å². The van der Waals surface area contributed by atoms with Crippen molar-refractivity contribution in [3.63, 3.8) is 0 Å². The topological polar surface area (TPSA) is 36.4 Å². The van der Waals surface area contributed by atoms with E-state index in [1.165, 1.54) is 30.6 Å². The normalized spacial score (nSPS) is 22.2. The molecule has 0 saturated carbocycles. The highest BCUT2D eigenvalue weighted by Crippen LogP contribution is 2.31. The van der Waals surface area contributed by atoms with Crippen LogP contribution in [-0.2, 0) is 6.61 Å². The van der Waals surface area contributed by atoms with E-state index in [0.29, 0.717) is 5.15 Å². The van der Waals surface area contributed by atoms with Gasteiger partial charge in [-0.25, -0.2) is 4.98 Å². The zero-order valence-corrected chi connectivity index (χ0v) is 11.0. The van der Waals surface area contributed by atoms with E-state index in [-0.39, 0.29) is 6.61 Å². The third kappa shape index (κ3) is 2.67. The molecule has 1 aliphatic rings. The molecule has 0 spiro atoms. The van der Waals surface area contributed by atoms with Crippen LogP contribution in [0.25, 0.3) is 0 Å². The van der Waals surface area contributed by atoms with Crippen LogP contribution < -0.4 is 4.90 Å². The Hall–Kier alpha value is -0.320. The lowest BCUT2D eigenvalue weighted by atomic mass is 10.0. The summed E-state index contributed by atoms with van der Waals surface area (Å²) in [6.45, 7) is 4.40. The van der Waals surface area contributed by atoms with E-state index in [9.17, 15) is 0 Å². The molecule has 0 amide bonds. The fourth-order valence-corrected chi connectivity index (χ4v) is 3.18. The fourth-order valence-electron chi connectivity index (χ4n) is 2.01. The lowest BCUT2D eigenvalue weighted by Gasteiger charge is -2.18. The Balaban J connectivity index is 2.10. The first kappa shape index (κ1) is 12.1. The molecular formula is C11H17ClN2OS. The summed E-state index contributed by atoms with van der Waals surface area (Å²) in [5.74, 6) is 0.803. The van der Waals surface area contributed by atoms with Crippen LogP contribution in [0.5, 0.6) is 0 Å². The molecule has 3 nitrogen and oxygen atoms in total. The zero-order valence-electron chi connectivity index (χ0n) is 9.45. The molecule has 16 heavy (non-hydrogen) atoms. The van der Waals surface area contributed by atoms with Gasteiger partial charge in [0.05, 0.1) is 11.5 Å². The molecular weight excluding hydrogens is 244 g/mol. The molecule has 1 N–H and O–H groups in total. The van der Waals surface area contributed by atoms with Gasteiger partial charge in [0, 0.05) is 13.1 Å². The maximum absolute atomic E-state index is 9.10. The van der Waals surface area contributed by atoms with E-state index in [0.717, 1.165) is 29.0 Å². The Labute approximate surface area is 105 Å². The van der Waals surface area contributed by atoms with Crippen molar-refractivity contribution in [1.29, 1.82) is 0 Å². The summed E-state index contributed by atoms with van der Waals surface area (Å²) < 4.78 is 0. The lowest BCUT2D eigenvalue weighted by Crippen LogP contribution is -2.23. The van der Waals surface area contributed by atoms with Gasteiger partial charge in [0.25, 0.3) is 0 Å². The summed E-state index contributed by atoms with van der Waals surface area (Å²) in [7, 11) is 0. The Bertz CT molecular complexity index is 356. The first-order chi connectivity index (χ1) is 7.70. The van der Waals surface area contributed by atoms with E-state index in [1.54, 1.807) is 0 Å². The van der Waals surface area contributed by atoms with Crippen molar-refractivity contribution in [1.82, 2.24) is 4.98 Å². The van der Waals surface area contributed by atoms with Crippen molar-refractivity contribution in [2.24, 2.45) is 5.92 Å². The molecule has 1 aliphatic heterocycles. The van der Waals surface area contributed by atoms with Gasteiger partial charge < -0.3 is 10.0 Å². The van der Waals surface area contributed by atoms with Crippen LogP contribution in [-0.4, -0.2) is 23.2 Å². The van der Waals surface area contributed by atoms with Gasteiger partial charge in [0.1, 0.15) is 5.15 Å². The van der Waals surface area contributed by atoms with Gasteiger partial charge >= 0.3 is 0 Å². The zero-order chi connectivity index (χ0) is 11.5. The molecule has 5 heteroatoms. The maximum Gasteiger partial charge on any atom is 0.187 e. The number of aliphatic hydroxyl groups is 1. The Morgan fingerprint density at radius 3 is 3.00 bits per heavy atom. The van der Waals surface area contributed by atoms with E-state index in [2.05, 4.69) is 16.8 Å². The molecule has 0 aliphatic carbocycles. The number of halogens is 1. The molecule has 0 radical (unpaired) electrons. The number of hydrogen-bond acceptors (Lipinski definition) is 4. The van der Waals surface area contributed by atoms with E-state index >= 15 is 0 Å². The second kappa shape index (κ2) is 5.34. The largest absolute Gasteiger partial charge is 0.391 e. The van der Waals surface area contributed by atoms with Crippen LogP contribution >= 0.6 is 22.9 Å². The van der Waals surface area contributed by atoms with Gasteiger partial charge in [0.15, 0.2) is 5.13 Å². The van der Waals surface area contributed by atoms with Crippen molar-refractivity contribution < 1.29 is 5.11 Å². The molecule has 0 bridgehead atoms. The third-order valence-corrected chi connectivity index (χ3v) is 4.59. The minimum atomic E-state index is -0.0132. The van der Waals surface area contributed by atoms with Gasteiger partial charge in [-0.2, -0.15) is 0 Å². The first-order valence-electron chi connectivity index (χ1n) is 5.71.